The van der Waals surface area contributed by atoms with Crippen molar-refractivity contribution in [2.75, 3.05) is 11.9 Å². The molecule has 2 aromatic carbocycles. The highest BCUT2D eigenvalue weighted by molar-refractivity contribution is 7.89. The highest BCUT2D eigenvalue weighted by Gasteiger charge is 2.18. The van der Waals surface area contributed by atoms with E-state index >= 15 is 0 Å². The number of thiazole rings is 1. The van der Waals surface area contributed by atoms with E-state index in [-0.39, 0.29) is 34.6 Å². The van der Waals surface area contributed by atoms with Crippen molar-refractivity contribution in [3.8, 4) is 0 Å². The van der Waals surface area contributed by atoms with Crippen LogP contribution in [0, 0.1) is 12.7 Å². The monoisotopic (exact) mass is 467 g/mol. The van der Waals surface area contributed by atoms with Gasteiger partial charge < -0.3 is 5.32 Å². The fraction of sp³-hybridized carbons (Fsp3) is 0.200. The molecule has 0 bridgehead atoms. The second-order valence-corrected chi connectivity index (χ2v) is 9.68. The van der Waals surface area contributed by atoms with E-state index in [9.17, 15) is 17.6 Å². The maximum atomic E-state index is 13.0. The van der Waals surface area contributed by atoms with Gasteiger partial charge in [0.1, 0.15) is 10.7 Å². The highest BCUT2D eigenvalue weighted by atomic mass is 35.5. The number of benzene rings is 2. The molecule has 158 valence electrons. The number of aryl methyl sites for hydroxylation is 1. The van der Waals surface area contributed by atoms with E-state index in [2.05, 4.69) is 15.0 Å². The lowest BCUT2D eigenvalue weighted by molar-refractivity contribution is -0.116. The molecule has 1 aromatic heterocycles. The first kappa shape index (κ1) is 22.4. The first-order valence-electron chi connectivity index (χ1n) is 8.99. The Morgan fingerprint density at radius 3 is 2.57 bits per heavy atom. The minimum atomic E-state index is -3.80. The lowest BCUT2D eigenvalue weighted by Crippen LogP contribution is -2.28. The van der Waals surface area contributed by atoms with Crippen LogP contribution in [0.4, 0.5) is 9.52 Å². The van der Waals surface area contributed by atoms with Gasteiger partial charge in [-0.05, 0) is 36.8 Å². The van der Waals surface area contributed by atoms with Crippen LogP contribution in [0.15, 0.2) is 53.4 Å². The SMILES string of the molecule is Cc1nc(NC(=O)CCNS(=O)(=O)c2ccccc2Cl)sc1Cc1ccc(F)cc1. The fourth-order valence-corrected chi connectivity index (χ4v) is 5.22. The zero-order valence-electron chi connectivity index (χ0n) is 16.0. The Bertz CT molecular complexity index is 1150. The van der Waals surface area contributed by atoms with E-state index in [1.807, 2.05) is 6.92 Å². The Morgan fingerprint density at radius 2 is 1.87 bits per heavy atom. The van der Waals surface area contributed by atoms with Crippen LogP contribution in [0.2, 0.25) is 5.02 Å². The molecule has 2 N–H and O–H groups in total. The topological polar surface area (TPSA) is 88.2 Å². The Morgan fingerprint density at radius 1 is 1.17 bits per heavy atom. The van der Waals surface area contributed by atoms with E-state index in [1.165, 1.54) is 35.6 Å². The van der Waals surface area contributed by atoms with Crippen molar-refractivity contribution < 1.29 is 17.6 Å². The number of nitrogens with one attached hydrogen (secondary N) is 2. The molecule has 3 aromatic rings. The lowest BCUT2D eigenvalue weighted by atomic mass is 10.1. The number of rotatable bonds is 8. The van der Waals surface area contributed by atoms with Crippen molar-refractivity contribution in [3.05, 3.63) is 75.5 Å². The summed E-state index contributed by atoms with van der Waals surface area (Å²) < 4.78 is 40.0. The summed E-state index contributed by atoms with van der Waals surface area (Å²) in [4.78, 5) is 17.4. The summed E-state index contributed by atoms with van der Waals surface area (Å²) in [5.41, 5.74) is 1.72. The van der Waals surface area contributed by atoms with Crippen LogP contribution in [0.1, 0.15) is 22.6 Å². The largest absolute Gasteiger partial charge is 0.302 e. The molecular weight excluding hydrogens is 449 g/mol. The predicted octanol–water partition coefficient (Wildman–Crippen LogP) is 4.14. The predicted molar refractivity (Wildman–Crippen MR) is 116 cm³/mol. The number of amides is 1. The number of hydrogen-bond acceptors (Lipinski definition) is 5. The quantitative estimate of drug-likeness (QED) is 0.521. The van der Waals surface area contributed by atoms with Gasteiger partial charge >= 0.3 is 0 Å². The normalized spacial score (nSPS) is 11.4. The van der Waals surface area contributed by atoms with Gasteiger partial charge in [-0.2, -0.15) is 0 Å². The van der Waals surface area contributed by atoms with Crippen molar-refractivity contribution in [3.63, 3.8) is 0 Å². The van der Waals surface area contributed by atoms with Gasteiger partial charge in [-0.1, -0.05) is 35.9 Å². The molecule has 1 amide bonds. The lowest BCUT2D eigenvalue weighted by Gasteiger charge is -2.08. The molecule has 6 nitrogen and oxygen atoms in total. The molecule has 0 aliphatic rings. The van der Waals surface area contributed by atoms with Gasteiger partial charge in [-0.3, -0.25) is 4.79 Å². The Kier molecular flexibility index (Phi) is 7.19. The summed E-state index contributed by atoms with van der Waals surface area (Å²) in [6.07, 6.45) is 0.521. The zero-order chi connectivity index (χ0) is 21.7. The smallest absolute Gasteiger partial charge is 0.242 e. The molecule has 0 saturated carbocycles. The molecule has 0 aliphatic heterocycles. The Balaban J connectivity index is 1.54. The number of aromatic nitrogens is 1. The van der Waals surface area contributed by atoms with Crippen molar-refractivity contribution in [2.24, 2.45) is 0 Å². The molecule has 3 rings (SSSR count). The van der Waals surface area contributed by atoms with Crippen molar-refractivity contribution >= 4 is 44.0 Å². The number of nitrogens with zero attached hydrogens (tertiary/aromatic N) is 1. The van der Waals surface area contributed by atoms with Crippen molar-refractivity contribution in [2.45, 2.75) is 24.7 Å². The number of halogens is 2. The van der Waals surface area contributed by atoms with Crippen LogP contribution in [0.3, 0.4) is 0 Å². The first-order chi connectivity index (χ1) is 14.2. The molecule has 0 atom stereocenters. The molecule has 0 spiro atoms. The van der Waals surface area contributed by atoms with Crippen LogP contribution >= 0.6 is 22.9 Å². The van der Waals surface area contributed by atoms with E-state index < -0.39 is 10.0 Å². The maximum Gasteiger partial charge on any atom is 0.242 e. The van der Waals surface area contributed by atoms with Crippen LogP contribution < -0.4 is 10.0 Å². The summed E-state index contributed by atoms with van der Waals surface area (Å²) in [7, 11) is -3.80. The van der Waals surface area contributed by atoms with Crippen molar-refractivity contribution in [1.29, 1.82) is 0 Å². The van der Waals surface area contributed by atoms with E-state index in [0.29, 0.717) is 11.6 Å². The summed E-state index contributed by atoms with van der Waals surface area (Å²) in [5, 5.41) is 3.23. The second kappa shape index (κ2) is 9.65. The fourth-order valence-electron chi connectivity index (χ4n) is 2.65. The molecule has 1 heterocycles. The van der Waals surface area contributed by atoms with Crippen LogP contribution in [-0.2, 0) is 21.2 Å². The molecule has 0 fully saturated rings. The van der Waals surface area contributed by atoms with Crippen molar-refractivity contribution in [1.82, 2.24) is 9.71 Å². The third-order valence-electron chi connectivity index (χ3n) is 4.19. The molecule has 0 saturated heterocycles. The number of anilines is 1. The number of carbonyl (C=O) groups is 1. The molecule has 0 aliphatic carbocycles. The molecule has 0 unspecified atom stereocenters. The van der Waals surface area contributed by atoms with Crippen LogP contribution in [0.5, 0.6) is 0 Å². The van der Waals surface area contributed by atoms with E-state index in [0.717, 1.165) is 16.1 Å². The Hall–Kier alpha value is -2.33. The standard InChI is InChI=1S/C20H19ClFN3O3S2/c1-13-17(12-14-6-8-15(22)9-7-14)29-20(24-13)25-19(26)10-11-23-30(27,28)18-5-3-2-4-16(18)21/h2-9,23H,10-12H2,1H3,(H,24,25,26). The van der Waals surface area contributed by atoms with Crippen LogP contribution in [0.25, 0.3) is 0 Å². The van der Waals surface area contributed by atoms with E-state index in [4.69, 9.17) is 11.6 Å². The third-order valence-corrected chi connectivity index (χ3v) is 7.22. The first-order valence-corrected chi connectivity index (χ1v) is 11.7. The molecule has 10 heteroatoms. The average Bonchev–Trinajstić information content (AvgIpc) is 3.02. The molecule has 0 radical (unpaired) electrons. The summed E-state index contributed by atoms with van der Waals surface area (Å²) in [6, 6.07) is 12.3. The minimum absolute atomic E-state index is 0.0342. The van der Waals surface area contributed by atoms with Gasteiger partial charge in [0.05, 0.1) is 10.7 Å². The zero-order valence-corrected chi connectivity index (χ0v) is 18.4. The third kappa shape index (κ3) is 5.85. The number of carbonyl (C=O) groups excluding carboxylic acids is 1. The summed E-state index contributed by atoms with van der Waals surface area (Å²) >= 11 is 7.25. The van der Waals surface area contributed by atoms with Crippen LogP contribution in [-0.4, -0.2) is 25.9 Å². The summed E-state index contributed by atoms with van der Waals surface area (Å²) in [6.45, 7) is 1.76. The average molecular weight is 468 g/mol. The van der Waals surface area contributed by atoms with Gasteiger partial charge in [0.25, 0.3) is 0 Å². The molecular formula is C20H19ClFN3O3S2. The Labute approximate surface area is 183 Å². The second-order valence-electron chi connectivity index (χ2n) is 6.46. The van der Waals surface area contributed by atoms with Gasteiger partial charge in [-0.15, -0.1) is 11.3 Å². The summed E-state index contributed by atoms with van der Waals surface area (Å²) in [5.74, 6) is -0.656. The van der Waals surface area contributed by atoms with Gasteiger partial charge in [0.15, 0.2) is 5.13 Å². The molecule has 30 heavy (non-hydrogen) atoms. The minimum Gasteiger partial charge on any atom is -0.302 e. The number of hydrogen-bond donors (Lipinski definition) is 2. The highest BCUT2D eigenvalue weighted by Crippen LogP contribution is 2.25. The maximum absolute atomic E-state index is 13.0. The number of sulfonamides is 1. The van der Waals surface area contributed by atoms with Gasteiger partial charge in [0.2, 0.25) is 15.9 Å². The van der Waals surface area contributed by atoms with Gasteiger partial charge in [0, 0.05) is 24.3 Å². The van der Waals surface area contributed by atoms with E-state index in [1.54, 1.807) is 24.3 Å². The van der Waals surface area contributed by atoms with Gasteiger partial charge in [-0.25, -0.2) is 22.5 Å².